The van der Waals surface area contributed by atoms with E-state index in [4.69, 9.17) is 9.47 Å². The molecule has 30 heavy (non-hydrogen) atoms. The van der Waals surface area contributed by atoms with Crippen LogP contribution in [-0.2, 0) is 11.3 Å². The van der Waals surface area contributed by atoms with Crippen LogP contribution in [0.3, 0.4) is 0 Å². The lowest BCUT2D eigenvalue weighted by atomic mass is 10.1. The molecule has 8 heteroatoms. The number of carbonyl (C=O) groups is 1. The molecule has 1 amide bonds. The Balaban J connectivity index is 1.44. The first-order valence-electron chi connectivity index (χ1n) is 9.77. The van der Waals surface area contributed by atoms with Gasteiger partial charge in [0.25, 0.3) is 5.56 Å². The fraction of sp³-hybridized carbons (Fsp3) is 0.318. The molecule has 1 unspecified atom stereocenters. The first-order chi connectivity index (χ1) is 14.4. The van der Waals surface area contributed by atoms with Crippen LogP contribution < -0.4 is 20.3 Å². The molecule has 1 aliphatic heterocycles. The summed E-state index contributed by atoms with van der Waals surface area (Å²) in [5.41, 5.74) is 2.40. The van der Waals surface area contributed by atoms with E-state index in [9.17, 15) is 9.59 Å². The smallest absolute Gasteiger partial charge is 0.261 e. The Labute approximate surface area is 182 Å². The van der Waals surface area contributed by atoms with Gasteiger partial charge in [0.1, 0.15) is 13.2 Å². The second-order valence-corrected chi connectivity index (χ2v) is 8.13. The number of hydrogen-bond acceptors (Lipinski definition) is 5. The van der Waals surface area contributed by atoms with Gasteiger partial charge in [0, 0.05) is 17.4 Å². The van der Waals surface area contributed by atoms with Gasteiger partial charge in [0.15, 0.2) is 11.5 Å². The summed E-state index contributed by atoms with van der Waals surface area (Å²) >= 11 is 3.54. The van der Waals surface area contributed by atoms with E-state index in [1.807, 2.05) is 38.1 Å². The minimum atomic E-state index is -0.239. The Morgan fingerprint density at radius 2 is 2.00 bits per heavy atom. The van der Waals surface area contributed by atoms with E-state index in [0.717, 1.165) is 15.6 Å². The van der Waals surface area contributed by atoms with E-state index in [2.05, 4.69) is 26.2 Å². The summed E-state index contributed by atoms with van der Waals surface area (Å²) < 4.78 is 13.5. The van der Waals surface area contributed by atoms with Crippen molar-refractivity contribution < 1.29 is 14.3 Å². The highest BCUT2D eigenvalue weighted by atomic mass is 79.9. The van der Waals surface area contributed by atoms with Crippen molar-refractivity contribution in [3.8, 4) is 11.5 Å². The van der Waals surface area contributed by atoms with Crippen molar-refractivity contribution in [3.05, 3.63) is 62.6 Å². The maximum Gasteiger partial charge on any atom is 0.261 e. The summed E-state index contributed by atoms with van der Waals surface area (Å²) in [6.07, 6.45) is 1.68. The molecule has 1 atom stereocenters. The molecule has 0 saturated carbocycles. The molecule has 3 aromatic rings. The third kappa shape index (κ3) is 4.05. The molecule has 4 rings (SSSR count). The van der Waals surface area contributed by atoms with Gasteiger partial charge < -0.3 is 14.8 Å². The summed E-state index contributed by atoms with van der Waals surface area (Å²) in [5, 5.41) is 3.54. The molecule has 7 nitrogen and oxygen atoms in total. The molecule has 1 N–H and O–H groups in total. The van der Waals surface area contributed by atoms with Gasteiger partial charge in [-0.1, -0.05) is 28.1 Å². The number of carbonyl (C=O) groups excluding carboxylic acids is 1. The summed E-state index contributed by atoms with van der Waals surface area (Å²) in [4.78, 5) is 29.6. The van der Waals surface area contributed by atoms with Crippen molar-refractivity contribution >= 4 is 32.7 Å². The average Bonchev–Trinajstić information content (AvgIpc) is 2.73. The van der Waals surface area contributed by atoms with E-state index in [-0.39, 0.29) is 30.5 Å². The minimum absolute atomic E-state index is 0.140. The van der Waals surface area contributed by atoms with Gasteiger partial charge in [-0.2, -0.15) is 0 Å². The lowest BCUT2D eigenvalue weighted by molar-refractivity contribution is -0.122. The van der Waals surface area contributed by atoms with Crippen LogP contribution in [0.25, 0.3) is 10.9 Å². The average molecular weight is 472 g/mol. The fourth-order valence-electron chi connectivity index (χ4n) is 3.52. The Kier molecular flexibility index (Phi) is 5.76. The quantitative estimate of drug-likeness (QED) is 0.615. The number of aromatic nitrogens is 2. The van der Waals surface area contributed by atoms with Crippen molar-refractivity contribution in [1.29, 1.82) is 0 Å². The zero-order chi connectivity index (χ0) is 21.3. The van der Waals surface area contributed by atoms with Gasteiger partial charge in [0.2, 0.25) is 5.91 Å². The number of halogens is 1. The maximum absolute atomic E-state index is 12.7. The fourth-order valence-corrected chi connectivity index (χ4v) is 4.19. The first kappa shape index (κ1) is 20.4. The standard InChI is InChI=1S/C22H22BrN3O4/c1-13-4-3-5-15-21(13)24-12-26(22(15)28)7-6-20(27)25-14(2)16-10-18-19(11-17(16)23)30-9-8-29-18/h3-5,10-12,14H,6-9H2,1-2H3,(H,25,27). The number of nitrogens with one attached hydrogen (secondary N) is 1. The van der Waals surface area contributed by atoms with Crippen LogP contribution in [0.15, 0.2) is 45.9 Å². The number of amides is 1. The van der Waals surface area contributed by atoms with Gasteiger partial charge in [-0.3, -0.25) is 14.2 Å². The molecule has 0 bridgehead atoms. The van der Waals surface area contributed by atoms with Gasteiger partial charge in [-0.25, -0.2) is 4.98 Å². The number of ether oxygens (including phenoxy) is 2. The van der Waals surface area contributed by atoms with Crippen LogP contribution in [0, 0.1) is 6.92 Å². The maximum atomic E-state index is 12.7. The van der Waals surface area contributed by atoms with Crippen LogP contribution in [0.5, 0.6) is 11.5 Å². The number of fused-ring (bicyclic) bond motifs is 2. The molecule has 0 fully saturated rings. The SMILES string of the molecule is Cc1cccc2c(=O)n(CCC(=O)NC(C)c3cc4c(cc3Br)OCCO4)cnc12. The zero-order valence-electron chi connectivity index (χ0n) is 16.8. The summed E-state index contributed by atoms with van der Waals surface area (Å²) in [7, 11) is 0. The second-order valence-electron chi connectivity index (χ2n) is 7.27. The largest absolute Gasteiger partial charge is 0.486 e. The lowest BCUT2D eigenvalue weighted by Gasteiger charge is -2.22. The van der Waals surface area contributed by atoms with Crippen molar-refractivity contribution in [3.63, 3.8) is 0 Å². The molecule has 2 aromatic carbocycles. The molecular formula is C22H22BrN3O4. The van der Waals surface area contributed by atoms with E-state index >= 15 is 0 Å². The van der Waals surface area contributed by atoms with Crippen LogP contribution >= 0.6 is 15.9 Å². The summed E-state index contributed by atoms with van der Waals surface area (Å²) in [6.45, 7) is 5.11. The summed E-state index contributed by atoms with van der Waals surface area (Å²) in [6, 6.07) is 9.01. The third-order valence-electron chi connectivity index (χ3n) is 5.14. The number of hydrogen-bond donors (Lipinski definition) is 1. The van der Waals surface area contributed by atoms with E-state index < -0.39 is 0 Å². The Morgan fingerprint density at radius 3 is 2.77 bits per heavy atom. The number of para-hydroxylation sites is 1. The zero-order valence-corrected chi connectivity index (χ0v) is 18.4. The highest BCUT2D eigenvalue weighted by Gasteiger charge is 2.19. The summed E-state index contributed by atoms with van der Waals surface area (Å²) in [5.74, 6) is 1.21. The minimum Gasteiger partial charge on any atom is -0.486 e. The van der Waals surface area contributed by atoms with Crippen LogP contribution in [0.4, 0.5) is 0 Å². The number of nitrogens with zero attached hydrogens (tertiary/aromatic N) is 2. The van der Waals surface area contributed by atoms with Crippen molar-refractivity contribution in [2.24, 2.45) is 0 Å². The van der Waals surface area contributed by atoms with E-state index in [1.165, 1.54) is 10.9 Å². The molecule has 0 aliphatic carbocycles. The van der Waals surface area contributed by atoms with Crippen molar-refractivity contribution in [2.45, 2.75) is 32.9 Å². The van der Waals surface area contributed by atoms with Gasteiger partial charge in [-0.15, -0.1) is 0 Å². The molecule has 0 radical (unpaired) electrons. The molecule has 1 aromatic heterocycles. The number of aryl methyl sites for hydroxylation is 2. The van der Waals surface area contributed by atoms with Crippen molar-refractivity contribution in [1.82, 2.24) is 14.9 Å². The van der Waals surface area contributed by atoms with Gasteiger partial charge >= 0.3 is 0 Å². The molecule has 156 valence electrons. The second kappa shape index (κ2) is 8.47. The van der Waals surface area contributed by atoms with Crippen LogP contribution in [0.1, 0.15) is 30.5 Å². The third-order valence-corrected chi connectivity index (χ3v) is 5.83. The normalized spacial score (nSPS) is 13.8. The monoisotopic (exact) mass is 471 g/mol. The van der Waals surface area contributed by atoms with Crippen molar-refractivity contribution in [2.75, 3.05) is 13.2 Å². The lowest BCUT2D eigenvalue weighted by Crippen LogP contribution is -2.30. The first-order valence-corrected chi connectivity index (χ1v) is 10.6. The Bertz CT molecular complexity index is 1170. The molecule has 0 spiro atoms. The van der Waals surface area contributed by atoms with Crippen LogP contribution in [0.2, 0.25) is 0 Å². The van der Waals surface area contributed by atoms with Gasteiger partial charge in [0.05, 0.1) is 23.3 Å². The molecule has 2 heterocycles. The van der Waals surface area contributed by atoms with Crippen LogP contribution in [-0.4, -0.2) is 28.7 Å². The molecule has 1 aliphatic rings. The number of rotatable bonds is 5. The Morgan fingerprint density at radius 1 is 1.27 bits per heavy atom. The predicted molar refractivity (Wildman–Crippen MR) is 117 cm³/mol. The number of benzene rings is 2. The molecular weight excluding hydrogens is 450 g/mol. The highest BCUT2D eigenvalue weighted by Crippen LogP contribution is 2.37. The highest BCUT2D eigenvalue weighted by molar-refractivity contribution is 9.10. The van der Waals surface area contributed by atoms with Gasteiger partial charge in [-0.05, 0) is 43.2 Å². The van der Waals surface area contributed by atoms with E-state index in [0.29, 0.717) is 35.6 Å². The van der Waals surface area contributed by atoms with E-state index in [1.54, 1.807) is 6.07 Å². The predicted octanol–water partition coefficient (Wildman–Crippen LogP) is 3.51. The topological polar surface area (TPSA) is 82.5 Å². The molecule has 0 saturated heterocycles. The Hall–Kier alpha value is -2.87.